The second-order valence-electron chi connectivity index (χ2n) is 2.22. The Morgan fingerprint density at radius 1 is 1.23 bits per heavy atom. The topological polar surface area (TPSA) is 26.3 Å². The van der Waals surface area contributed by atoms with Crippen molar-refractivity contribution in [2.45, 2.75) is 6.61 Å². The van der Waals surface area contributed by atoms with E-state index < -0.39 is 29.6 Å². The summed E-state index contributed by atoms with van der Waals surface area (Å²) in [5.74, 6) is -3.20. The lowest BCUT2D eigenvalue weighted by atomic mass is 10.2. The molecule has 1 aromatic carbocycles. The first-order valence-electron chi connectivity index (χ1n) is 3.27. The molecule has 0 saturated heterocycles. The van der Waals surface area contributed by atoms with Crippen molar-refractivity contribution in [3.63, 3.8) is 0 Å². The van der Waals surface area contributed by atoms with Crippen LogP contribution in [0, 0.1) is 17.5 Å². The maximum Gasteiger partial charge on any atom is 0.417 e. The minimum atomic E-state index is -1.09. The third-order valence-electron chi connectivity index (χ3n) is 1.38. The van der Waals surface area contributed by atoms with E-state index in [1.807, 2.05) is 0 Å². The van der Waals surface area contributed by atoms with Gasteiger partial charge in [-0.15, -0.1) is 0 Å². The number of carbonyl (C=O) groups excluding carboxylic acids is 1. The van der Waals surface area contributed by atoms with E-state index in [0.717, 1.165) is 6.47 Å². The van der Waals surface area contributed by atoms with Crippen molar-refractivity contribution in [1.29, 1.82) is 0 Å². The third-order valence-corrected chi connectivity index (χ3v) is 1.38. The van der Waals surface area contributed by atoms with Crippen LogP contribution in [0.15, 0.2) is 12.1 Å². The van der Waals surface area contributed by atoms with Gasteiger partial charge >= 0.3 is 6.47 Å². The summed E-state index contributed by atoms with van der Waals surface area (Å²) in [6.45, 7) is 0.412. The van der Waals surface area contributed by atoms with Gasteiger partial charge in [-0.25, -0.2) is 18.0 Å². The second-order valence-corrected chi connectivity index (χ2v) is 2.22. The Morgan fingerprint density at radius 3 is 2.23 bits per heavy atom. The zero-order chi connectivity index (χ0) is 9.84. The fraction of sp³-hybridized carbons (Fsp3) is 0.125. The Hall–Kier alpha value is -1.52. The standard InChI is InChI=1S/C8H4F3O2/c9-5-1-7(10)6(3-13-4-12)8(11)2-5/h1-2H,3H2. The van der Waals surface area contributed by atoms with E-state index in [4.69, 9.17) is 0 Å². The summed E-state index contributed by atoms with van der Waals surface area (Å²) < 4.78 is 41.8. The molecule has 0 atom stereocenters. The molecule has 0 aliphatic carbocycles. The van der Waals surface area contributed by atoms with Gasteiger partial charge in [-0.3, -0.25) is 0 Å². The molecule has 0 aliphatic heterocycles. The van der Waals surface area contributed by atoms with E-state index in [-0.39, 0.29) is 0 Å². The van der Waals surface area contributed by atoms with Crippen LogP contribution in [-0.4, -0.2) is 6.47 Å². The molecule has 1 radical (unpaired) electrons. The van der Waals surface area contributed by atoms with Crippen LogP contribution in [0.3, 0.4) is 0 Å². The van der Waals surface area contributed by atoms with Crippen LogP contribution in [0.1, 0.15) is 5.56 Å². The first kappa shape index (κ1) is 9.57. The summed E-state index contributed by atoms with van der Waals surface area (Å²) in [7, 11) is 0. The summed E-state index contributed by atoms with van der Waals surface area (Å²) in [6.07, 6.45) is 0. The average molecular weight is 189 g/mol. The van der Waals surface area contributed by atoms with Crippen molar-refractivity contribution in [3.05, 3.63) is 35.1 Å². The van der Waals surface area contributed by atoms with E-state index in [2.05, 4.69) is 4.74 Å². The average Bonchev–Trinajstić information content (AvgIpc) is 2.02. The van der Waals surface area contributed by atoms with Gasteiger partial charge in [-0.1, -0.05) is 0 Å². The van der Waals surface area contributed by atoms with Crippen LogP contribution in [0.25, 0.3) is 0 Å². The van der Waals surface area contributed by atoms with Gasteiger partial charge in [0.1, 0.15) is 24.1 Å². The largest absolute Gasteiger partial charge is 0.452 e. The van der Waals surface area contributed by atoms with E-state index in [0.29, 0.717) is 12.1 Å². The van der Waals surface area contributed by atoms with Crippen LogP contribution in [0.2, 0.25) is 0 Å². The Balaban J connectivity index is 2.98. The lowest BCUT2D eigenvalue weighted by Crippen LogP contribution is -1.99. The number of benzene rings is 1. The van der Waals surface area contributed by atoms with Gasteiger partial charge < -0.3 is 4.74 Å². The molecule has 0 spiro atoms. The molecule has 0 fully saturated rings. The molecule has 0 aliphatic rings. The predicted octanol–water partition coefficient (Wildman–Crippen LogP) is 1.69. The molecule has 0 heterocycles. The molecule has 0 aromatic heterocycles. The highest BCUT2D eigenvalue weighted by Gasteiger charge is 2.11. The van der Waals surface area contributed by atoms with E-state index in [9.17, 15) is 18.0 Å². The number of hydrogen-bond acceptors (Lipinski definition) is 2. The molecule has 1 aromatic rings. The molecular weight excluding hydrogens is 185 g/mol. The highest BCUT2D eigenvalue weighted by atomic mass is 19.1. The lowest BCUT2D eigenvalue weighted by Gasteiger charge is -2.02. The normalized spacial score (nSPS) is 9.77. The maximum absolute atomic E-state index is 12.7. The molecule has 0 N–H and O–H groups in total. The summed E-state index contributed by atoms with van der Waals surface area (Å²) >= 11 is 0. The molecule has 0 unspecified atom stereocenters. The van der Waals surface area contributed by atoms with Gasteiger partial charge in [0.2, 0.25) is 0 Å². The predicted molar refractivity (Wildman–Crippen MR) is 36.8 cm³/mol. The first-order chi connectivity index (χ1) is 6.15. The minimum Gasteiger partial charge on any atom is -0.452 e. The highest BCUT2D eigenvalue weighted by Crippen LogP contribution is 2.15. The maximum atomic E-state index is 12.7. The Kier molecular flexibility index (Phi) is 2.89. The first-order valence-corrected chi connectivity index (χ1v) is 3.27. The monoisotopic (exact) mass is 189 g/mol. The van der Waals surface area contributed by atoms with Gasteiger partial charge in [-0.05, 0) is 0 Å². The Morgan fingerprint density at radius 2 is 1.77 bits per heavy atom. The zero-order valence-corrected chi connectivity index (χ0v) is 6.31. The summed E-state index contributed by atoms with van der Waals surface area (Å²) in [6, 6.07) is 1.01. The SMILES string of the molecule is O=[C]OCc1c(F)cc(F)cc1F. The van der Waals surface area contributed by atoms with E-state index >= 15 is 0 Å². The van der Waals surface area contributed by atoms with Crippen molar-refractivity contribution in [2.75, 3.05) is 0 Å². The Bertz CT molecular complexity index is 302. The number of halogens is 3. The van der Waals surface area contributed by atoms with Crippen LogP contribution >= 0.6 is 0 Å². The van der Waals surface area contributed by atoms with Gasteiger partial charge in [0.25, 0.3) is 0 Å². The fourth-order valence-corrected chi connectivity index (χ4v) is 0.812. The number of rotatable bonds is 3. The lowest BCUT2D eigenvalue weighted by molar-refractivity contribution is 0.256. The number of hydrogen-bond donors (Lipinski definition) is 0. The van der Waals surface area contributed by atoms with Crippen molar-refractivity contribution in [1.82, 2.24) is 0 Å². The van der Waals surface area contributed by atoms with Crippen LogP contribution in [0.4, 0.5) is 13.2 Å². The molecule has 0 saturated carbocycles. The van der Waals surface area contributed by atoms with Gasteiger partial charge in [0, 0.05) is 12.1 Å². The summed E-state index contributed by atoms with van der Waals surface area (Å²) in [5, 5.41) is 0. The van der Waals surface area contributed by atoms with Crippen LogP contribution in [0.5, 0.6) is 0 Å². The molecule has 0 amide bonds. The van der Waals surface area contributed by atoms with E-state index in [1.54, 1.807) is 0 Å². The summed E-state index contributed by atoms with van der Waals surface area (Å²) in [5.41, 5.74) is -0.496. The molecule has 2 nitrogen and oxygen atoms in total. The van der Waals surface area contributed by atoms with Crippen molar-refractivity contribution in [2.24, 2.45) is 0 Å². The molecule has 0 bridgehead atoms. The number of ether oxygens (including phenoxy) is 1. The quantitative estimate of drug-likeness (QED) is 0.723. The molecule has 13 heavy (non-hydrogen) atoms. The van der Waals surface area contributed by atoms with Crippen molar-refractivity contribution in [3.8, 4) is 0 Å². The zero-order valence-electron chi connectivity index (χ0n) is 6.31. The molecule has 69 valence electrons. The molecule has 5 heteroatoms. The van der Waals surface area contributed by atoms with Crippen LogP contribution < -0.4 is 0 Å². The minimum absolute atomic E-state index is 0.496. The van der Waals surface area contributed by atoms with Crippen molar-refractivity contribution < 1.29 is 22.7 Å². The molecule has 1 rings (SSSR count). The Labute approximate surface area is 71.9 Å². The van der Waals surface area contributed by atoms with Gasteiger partial charge in [0.05, 0.1) is 5.56 Å². The second kappa shape index (κ2) is 3.93. The smallest absolute Gasteiger partial charge is 0.417 e. The van der Waals surface area contributed by atoms with Gasteiger partial charge in [0.15, 0.2) is 0 Å². The van der Waals surface area contributed by atoms with Gasteiger partial charge in [-0.2, -0.15) is 0 Å². The van der Waals surface area contributed by atoms with Crippen LogP contribution in [-0.2, 0) is 16.1 Å². The van der Waals surface area contributed by atoms with Crippen molar-refractivity contribution >= 4 is 6.47 Å². The fourth-order valence-electron chi connectivity index (χ4n) is 0.812. The van der Waals surface area contributed by atoms with E-state index in [1.165, 1.54) is 0 Å². The summed E-state index contributed by atoms with van der Waals surface area (Å²) in [4.78, 5) is 9.60. The third kappa shape index (κ3) is 2.21. The highest BCUT2D eigenvalue weighted by molar-refractivity contribution is 5.38. The molecular formula is C8H4F3O2.